The lowest BCUT2D eigenvalue weighted by Gasteiger charge is -2.13. The van der Waals surface area contributed by atoms with Gasteiger partial charge in [0.05, 0.1) is 18.2 Å². The molecule has 0 radical (unpaired) electrons. The van der Waals surface area contributed by atoms with Crippen molar-refractivity contribution in [2.45, 2.75) is 39.8 Å². The normalized spacial score (nSPS) is 11.8. The van der Waals surface area contributed by atoms with Crippen LogP contribution in [0.15, 0.2) is 53.9 Å². The Morgan fingerprint density at radius 2 is 1.93 bits per heavy atom. The van der Waals surface area contributed by atoms with Crippen LogP contribution < -0.4 is 10.1 Å². The van der Waals surface area contributed by atoms with Crippen LogP contribution in [0.5, 0.6) is 5.75 Å². The SMILES string of the molecule is Cc1ccc(OCc2nc(CC(=O)N[C@@H](C)c3ccccc3)cs2)cc1C. The predicted octanol–water partition coefficient (Wildman–Crippen LogP) is 4.76. The third kappa shape index (κ3) is 5.41. The van der Waals surface area contributed by atoms with Crippen molar-refractivity contribution in [3.05, 3.63) is 81.3 Å². The summed E-state index contributed by atoms with van der Waals surface area (Å²) in [5.41, 5.74) is 4.31. The number of rotatable bonds is 7. The van der Waals surface area contributed by atoms with Crippen molar-refractivity contribution in [2.24, 2.45) is 0 Å². The van der Waals surface area contributed by atoms with Gasteiger partial charge in [0.1, 0.15) is 17.4 Å². The number of ether oxygens (including phenoxy) is 1. The average Bonchev–Trinajstić information content (AvgIpc) is 3.10. The number of hydrogen-bond acceptors (Lipinski definition) is 4. The van der Waals surface area contributed by atoms with Gasteiger partial charge in [-0.25, -0.2) is 4.98 Å². The Balaban J connectivity index is 1.51. The fourth-order valence-corrected chi connectivity index (χ4v) is 3.43. The van der Waals surface area contributed by atoms with Gasteiger partial charge in [-0.3, -0.25) is 4.79 Å². The molecular weight excluding hydrogens is 356 g/mol. The summed E-state index contributed by atoms with van der Waals surface area (Å²) < 4.78 is 5.82. The molecule has 1 heterocycles. The van der Waals surface area contributed by atoms with Crippen molar-refractivity contribution in [3.63, 3.8) is 0 Å². The number of aromatic nitrogens is 1. The maximum absolute atomic E-state index is 12.3. The molecule has 3 aromatic rings. The monoisotopic (exact) mass is 380 g/mol. The third-order valence-electron chi connectivity index (χ3n) is 4.46. The van der Waals surface area contributed by atoms with Gasteiger partial charge in [-0.1, -0.05) is 36.4 Å². The Morgan fingerprint density at radius 3 is 2.67 bits per heavy atom. The molecule has 1 aromatic heterocycles. The van der Waals surface area contributed by atoms with E-state index in [0.29, 0.717) is 6.61 Å². The summed E-state index contributed by atoms with van der Waals surface area (Å²) in [7, 11) is 0. The van der Waals surface area contributed by atoms with E-state index in [2.05, 4.69) is 30.2 Å². The first kappa shape index (κ1) is 19.1. The fourth-order valence-electron chi connectivity index (χ4n) is 2.73. The van der Waals surface area contributed by atoms with Gasteiger partial charge in [0.15, 0.2) is 0 Å². The van der Waals surface area contributed by atoms with Crippen molar-refractivity contribution in [1.82, 2.24) is 10.3 Å². The van der Waals surface area contributed by atoms with Crippen molar-refractivity contribution in [2.75, 3.05) is 0 Å². The second-order valence-electron chi connectivity index (χ2n) is 6.64. The number of aryl methyl sites for hydroxylation is 2. The molecule has 0 aliphatic rings. The molecule has 5 heteroatoms. The Morgan fingerprint density at radius 1 is 1.15 bits per heavy atom. The lowest BCUT2D eigenvalue weighted by atomic mass is 10.1. The van der Waals surface area contributed by atoms with Crippen LogP contribution in [0.3, 0.4) is 0 Å². The van der Waals surface area contributed by atoms with Gasteiger partial charge < -0.3 is 10.1 Å². The van der Waals surface area contributed by atoms with Gasteiger partial charge >= 0.3 is 0 Å². The van der Waals surface area contributed by atoms with Crippen molar-refractivity contribution in [1.29, 1.82) is 0 Å². The van der Waals surface area contributed by atoms with Crippen LogP contribution in [0.1, 0.15) is 40.4 Å². The van der Waals surface area contributed by atoms with Crippen LogP contribution in [-0.4, -0.2) is 10.9 Å². The van der Waals surface area contributed by atoms with Crippen molar-refractivity contribution < 1.29 is 9.53 Å². The molecule has 1 atom stereocenters. The Bertz CT molecular complexity index is 906. The Hall–Kier alpha value is -2.66. The van der Waals surface area contributed by atoms with Gasteiger partial charge in [-0.05, 0) is 49.6 Å². The van der Waals surface area contributed by atoms with E-state index in [-0.39, 0.29) is 18.4 Å². The molecule has 140 valence electrons. The third-order valence-corrected chi connectivity index (χ3v) is 5.33. The molecule has 0 spiro atoms. The second kappa shape index (κ2) is 8.82. The zero-order chi connectivity index (χ0) is 19.2. The van der Waals surface area contributed by atoms with Crippen molar-refractivity contribution in [3.8, 4) is 5.75 Å². The van der Waals surface area contributed by atoms with E-state index in [9.17, 15) is 4.79 Å². The summed E-state index contributed by atoms with van der Waals surface area (Å²) in [6, 6.07) is 16.0. The van der Waals surface area contributed by atoms with Crippen LogP contribution >= 0.6 is 11.3 Å². The molecule has 4 nitrogen and oxygen atoms in total. The summed E-state index contributed by atoms with van der Waals surface area (Å²) in [5.74, 6) is 0.808. The summed E-state index contributed by atoms with van der Waals surface area (Å²) in [5, 5.41) is 5.81. The second-order valence-corrected chi connectivity index (χ2v) is 7.59. The Labute approximate surface area is 164 Å². The maximum atomic E-state index is 12.3. The molecule has 0 fully saturated rings. The van der Waals surface area contributed by atoms with Crippen LogP contribution in [-0.2, 0) is 17.8 Å². The fraction of sp³-hybridized carbons (Fsp3) is 0.273. The molecule has 1 N–H and O–H groups in total. The standard InChI is InChI=1S/C22H24N2O2S/c1-15-9-10-20(11-16(15)2)26-13-22-24-19(14-27-22)12-21(25)23-17(3)18-7-5-4-6-8-18/h4-11,14,17H,12-13H2,1-3H3,(H,23,25)/t17-/m0/s1. The molecule has 0 aliphatic heterocycles. The first-order valence-corrected chi connectivity index (χ1v) is 9.87. The van der Waals surface area contributed by atoms with E-state index in [1.54, 1.807) is 0 Å². The van der Waals surface area contributed by atoms with Crippen molar-refractivity contribution >= 4 is 17.2 Å². The van der Waals surface area contributed by atoms with Gasteiger partial charge in [-0.2, -0.15) is 0 Å². The van der Waals surface area contributed by atoms with E-state index in [0.717, 1.165) is 22.0 Å². The zero-order valence-electron chi connectivity index (χ0n) is 15.9. The number of nitrogens with one attached hydrogen (secondary N) is 1. The van der Waals surface area contributed by atoms with Gasteiger partial charge in [-0.15, -0.1) is 11.3 Å². The number of carbonyl (C=O) groups excluding carboxylic acids is 1. The van der Waals surface area contributed by atoms with Crippen LogP contribution in [0.2, 0.25) is 0 Å². The minimum atomic E-state index is -0.0294. The van der Waals surface area contributed by atoms with E-state index in [1.807, 2.05) is 54.8 Å². The smallest absolute Gasteiger partial charge is 0.226 e. The van der Waals surface area contributed by atoms with Crippen LogP contribution in [0, 0.1) is 13.8 Å². The molecule has 0 saturated carbocycles. The largest absolute Gasteiger partial charge is 0.486 e. The summed E-state index contributed by atoms with van der Waals surface area (Å²) in [6.45, 7) is 6.54. The number of amides is 1. The first-order chi connectivity index (χ1) is 13.0. The zero-order valence-corrected chi connectivity index (χ0v) is 16.7. The lowest BCUT2D eigenvalue weighted by Crippen LogP contribution is -2.28. The quantitative estimate of drug-likeness (QED) is 0.643. The average molecular weight is 381 g/mol. The maximum Gasteiger partial charge on any atom is 0.226 e. The highest BCUT2D eigenvalue weighted by Gasteiger charge is 2.12. The molecule has 2 aromatic carbocycles. The molecule has 0 unspecified atom stereocenters. The molecule has 3 rings (SSSR count). The molecule has 0 aliphatic carbocycles. The summed E-state index contributed by atoms with van der Waals surface area (Å²) in [6.07, 6.45) is 0.275. The van der Waals surface area contributed by atoms with Crippen LogP contribution in [0.25, 0.3) is 0 Å². The highest BCUT2D eigenvalue weighted by Crippen LogP contribution is 2.19. The van der Waals surface area contributed by atoms with Crippen LogP contribution in [0.4, 0.5) is 0 Å². The topological polar surface area (TPSA) is 51.2 Å². The lowest BCUT2D eigenvalue weighted by molar-refractivity contribution is -0.121. The minimum Gasteiger partial charge on any atom is -0.486 e. The molecule has 0 saturated heterocycles. The number of thiazole rings is 1. The van der Waals surface area contributed by atoms with E-state index in [4.69, 9.17) is 4.74 Å². The molecule has 0 bridgehead atoms. The van der Waals surface area contributed by atoms with Gasteiger partial charge in [0.2, 0.25) is 5.91 Å². The first-order valence-electron chi connectivity index (χ1n) is 8.99. The van der Waals surface area contributed by atoms with E-state index < -0.39 is 0 Å². The highest BCUT2D eigenvalue weighted by molar-refractivity contribution is 7.09. The summed E-state index contributed by atoms with van der Waals surface area (Å²) in [4.78, 5) is 16.8. The van der Waals surface area contributed by atoms with Gasteiger partial charge in [0, 0.05) is 5.38 Å². The number of hydrogen-bond donors (Lipinski definition) is 1. The van der Waals surface area contributed by atoms with Gasteiger partial charge in [0.25, 0.3) is 0 Å². The number of carbonyl (C=O) groups is 1. The molecule has 1 amide bonds. The Kier molecular flexibility index (Phi) is 6.24. The van der Waals surface area contributed by atoms with E-state index in [1.165, 1.54) is 22.5 Å². The summed E-state index contributed by atoms with van der Waals surface area (Å²) >= 11 is 1.52. The highest BCUT2D eigenvalue weighted by atomic mass is 32.1. The number of nitrogens with zero attached hydrogens (tertiary/aromatic N) is 1. The minimum absolute atomic E-state index is 0.0232. The molecular formula is C22H24N2O2S. The number of benzene rings is 2. The predicted molar refractivity (Wildman–Crippen MR) is 109 cm³/mol. The molecule has 27 heavy (non-hydrogen) atoms. The van der Waals surface area contributed by atoms with E-state index >= 15 is 0 Å².